The summed E-state index contributed by atoms with van der Waals surface area (Å²) in [4.78, 5) is 7.09. The van der Waals surface area contributed by atoms with Gasteiger partial charge < -0.3 is 4.57 Å². The Morgan fingerprint density at radius 3 is 2.50 bits per heavy atom. The van der Waals surface area contributed by atoms with Crippen molar-refractivity contribution in [3.05, 3.63) is 17.7 Å². The summed E-state index contributed by atoms with van der Waals surface area (Å²) in [5.74, 6) is 1.24. The summed E-state index contributed by atoms with van der Waals surface area (Å²) in [6, 6.07) is 0. The lowest BCUT2D eigenvalue weighted by Gasteiger charge is -2.19. The van der Waals surface area contributed by atoms with Crippen molar-refractivity contribution >= 4 is 0 Å². The van der Waals surface area contributed by atoms with Gasteiger partial charge >= 0.3 is 0 Å². The standard InChI is InChI=1S/C13H23N3/c1-3-16-12(2)10-14-13(16)11-15-8-6-4-5-7-9-15/h10H,3-9,11H2,1-2H3. The molecule has 1 aliphatic heterocycles. The third kappa shape index (κ3) is 2.64. The average Bonchev–Trinajstić information content (AvgIpc) is 2.51. The summed E-state index contributed by atoms with van der Waals surface area (Å²) < 4.78 is 2.32. The second-order valence-electron chi connectivity index (χ2n) is 4.75. The Balaban J connectivity index is 2.01. The maximum atomic E-state index is 4.53. The molecular formula is C13H23N3. The third-order valence-electron chi connectivity index (χ3n) is 3.52. The molecule has 0 bridgehead atoms. The molecule has 1 aromatic rings. The fourth-order valence-corrected chi connectivity index (χ4v) is 2.56. The summed E-state index contributed by atoms with van der Waals surface area (Å²) in [7, 11) is 0. The molecule has 0 amide bonds. The highest BCUT2D eigenvalue weighted by atomic mass is 15.2. The number of aromatic nitrogens is 2. The van der Waals surface area contributed by atoms with E-state index in [2.05, 4.69) is 28.3 Å². The van der Waals surface area contributed by atoms with E-state index in [0.717, 1.165) is 13.1 Å². The minimum Gasteiger partial charge on any atom is -0.332 e. The maximum Gasteiger partial charge on any atom is 0.123 e. The summed E-state index contributed by atoms with van der Waals surface area (Å²) in [6.07, 6.45) is 7.50. The SMILES string of the molecule is CCn1c(C)cnc1CN1CCCCCC1. The zero-order chi connectivity index (χ0) is 11.4. The highest BCUT2D eigenvalue weighted by Gasteiger charge is 2.13. The minimum absolute atomic E-state index is 1.03. The molecule has 1 fully saturated rings. The second kappa shape index (κ2) is 5.48. The van der Waals surface area contributed by atoms with E-state index in [0.29, 0.717) is 0 Å². The molecule has 0 atom stereocenters. The first kappa shape index (κ1) is 11.6. The van der Waals surface area contributed by atoms with Gasteiger partial charge in [0.2, 0.25) is 0 Å². The molecule has 1 saturated heterocycles. The molecule has 2 heterocycles. The highest BCUT2D eigenvalue weighted by Crippen LogP contribution is 2.13. The van der Waals surface area contributed by atoms with Gasteiger partial charge in [0.05, 0.1) is 6.54 Å². The number of likely N-dealkylation sites (tertiary alicyclic amines) is 1. The number of imidazole rings is 1. The van der Waals surface area contributed by atoms with Crippen LogP contribution in [0, 0.1) is 6.92 Å². The third-order valence-corrected chi connectivity index (χ3v) is 3.52. The molecule has 1 aromatic heterocycles. The van der Waals surface area contributed by atoms with Gasteiger partial charge in [-0.05, 0) is 39.8 Å². The molecule has 0 radical (unpaired) electrons. The first-order chi connectivity index (χ1) is 7.81. The van der Waals surface area contributed by atoms with E-state index in [1.165, 1.54) is 50.3 Å². The minimum atomic E-state index is 1.03. The van der Waals surface area contributed by atoms with Crippen molar-refractivity contribution in [2.24, 2.45) is 0 Å². The monoisotopic (exact) mass is 221 g/mol. The van der Waals surface area contributed by atoms with Gasteiger partial charge in [0.25, 0.3) is 0 Å². The molecule has 0 spiro atoms. The predicted octanol–water partition coefficient (Wildman–Crippen LogP) is 2.59. The van der Waals surface area contributed by atoms with E-state index in [1.54, 1.807) is 0 Å². The normalized spacial score (nSPS) is 18.6. The van der Waals surface area contributed by atoms with E-state index < -0.39 is 0 Å². The molecule has 0 N–H and O–H groups in total. The molecule has 0 saturated carbocycles. The van der Waals surface area contributed by atoms with Gasteiger partial charge in [0, 0.05) is 18.4 Å². The van der Waals surface area contributed by atoms with Crippen molar-refractivity contribution in [3.8, 4) is 0 Å². The fourth-order valence-electron chi connectivity index (χ4n) is 2.56. The number of aryl methyl sites for hydroxylation is 1. The first-order valence-corrected chi connectivity index (χ1v) is 6.54. The van der Waals surface area contributed by atoms with Crippen molar-refractivity contribution in [3.63, 3.8) is 0 Å². The highest BCUT2D eigenvalue weighted by molar-refractivity contribution is 5.03. The molecule has 1 aliphatic rings. The van der Waals surface area contributed by atoms with Crippen LogP contribution in [0.25, 0.3) is 0 Å². The van der Waals surface area contributed by atoms with E-state index in [4.69, 9.17) is 0 Å². The topological polar surface area (TPSA) is 21.1 Å². The molecule has 16 heavy (non-hydrogen) atoms. The van der Waals surface area contributed by atoms with Crippen molar-refractivity contribution in [2.75, 3.05) is 13.1 Å². The van der Waals surface area contributed by atoms with Crippen molar-refractivity contribution in [1.29, 1.82) is 0 Å². The van der Waals surface area contributed by atoms with Gasteiger partial charge in [-0.25, -0.2) is 4.98 Å². The zero-order valence-corrected chi connectivity index (χ0v) is 10.6. The van der Waals surface area contributed by atoms with Crippen LogP contribution in [-0.4, -0.2) is 27.5 Å². The lowest BCUT2D eigenvalue weighted by Crippen LogP contribution is -2.26. The Morgan fingerprint density at radius 2 is 1.88 bits per heavy atom. The van der Waals surface area contributed by atoms with E-state index in [-0.39, 0.29) is 0 Å². The van der Waals surface area contributed by atoms with Crippen LogP contribution in [-0.2, 0) is 13.1 Å². The summed E-state index contributed by atoms with van der Waals surface area (Å²) in [5.41, 5.74) is 1.28. The maximum absolute atomic E-state index is 4.53. The van der Waals surface area contributed by atoms with Gasteiger partial charge in [0.15, 0.2) is 0 Å². The van der Waals surface area contributed by atoms with Gasteiger partial charge in [-0.1, -0.05) is 12.8 Å². The molecule has 90 valence electrons. The van der Waals surface area contributed by atoms with Crippen molar-refractivity contribution in [1.82, 2.24) is 14.5 Å². The van der Waals surface area contributed by atoms with Crippen LogP contribution >= 0.6 is 0 Å². The summed E-state index contributed by atoms with van der Waals surface area (Å²) in [6.45, 7) is 8.89. The average molecular weight is 221 g/mol. The lowest BCUT2D eigenvalue weighted by atomic mass is 10.2. The van der Waals surface area contributed by atoms with Crippen LogP contribution in [0.2, 0.25) is 0 Å². The Hall–Kier alpha value is -0.830. The van der Waals surface area contributed by atoms with E-state index >= 15 is 0 Å². The molecular weight excluding hydrogens is 198 g/mol. The molecule has 3 heteroatoms. The molecule has 0 unspecified atom stereocenters. The van der Waals surface area contributed by atoms with Gasteiger partial charge in [-0.3, -0.25) is 4.90 Å². The first-order valence-electron chi connectivity index (χ1n) is 6.54. The largest absolute Gasteiger partial charge is 0.332 e. The summed E-state index contributed by atoms with van der Waals surface area (Å²) in [5, 5.41) is 0. The van der Waals surface area contributed by atoms with Crippen LogP contribution in [0.1, 0.15) is 44.1 Å². The quantitative estimate of drug-likeness (QED) is 0.782. The molecule has 3 nitrogen and oxygen atoms in total. The number of hydrogen-bond donors (Lipinski definition) is 0. The smallest absolute Gasteiger partial charge is 0.123 e. The van der Waals surface area contributed by atoms with Crippen LogP contribution in [0.4, 0.5) is 0 Å². The van der Waals surface area contributed by atoms with Crippen LogP contribution in [0.5, 0.6) is 0 Å². The number of hydrogen-bond acceptors (Lipinski definition) is 2. The summed E-state index contributed by atoms with van der Waals surface area (Å²) >= 11 is 0. The molecule has 0 aromatic carbocycles. The Labute approximate surface area is 98.5 Å². The zero-order valence-electron chi connectivity index (χ0n) is 10.6. The van der Waals surface area contributed by atoms with E-state index in [9.17, 15) is 0 Å². The van der Waals surface area contributed by atoms with Crippen LogP contribution in [0.3, 0.4) is 0 Å². The Kier molecular flexibility index (Phi) is 3.99. The van der Waals surface area contributed by atoms with Crippen molar-refractivity contribution in [2.45, 2.75) is 52.6 Å². The fraction of sp³-hybridized carbons (Fsp3) is 0.769. The van der Waals surface area contributed by atoms with Crippen LogP contribution in [0.15, 0.2) is 6.20 Å². The molecule has 0 aliphatic carbocycles. The van der Waals surface area contributed by atoms with Gasteiger partial charge in [-0.15, -0.1) is 0 Å². The van der Waals surface area contributed by atoms with E-state index in [1.807, 2.05) is 6.20 Å². The Morgan fingerprint density at radius 1 is 1.19 bits per heavy atom. The number of rotatable bonds is 3. The Bertz CT molecular complexity index is 322. The van der Waals surface area contributed by atoms with Crippen molar-refractivity contribution < 1.29 is 0 Å². The predicted molar refractivity (Wildman–Crippen MR) is 66.4 cm³/mol. The number of nitrogens with zero attached hydrogens (tertiary/aromatic N) is 3. The molecule has 2 rings (SSSR count). The van der Waals surface area contributed by atoms with Crippen LogP contribution < -0.4 is 0 Å². The van der Waals surface area contributed by atoms with Gasteiger partial charge in [0.1, 0.15) is 5.82 Å². The van der Waals surface area contributed by atoms with Gasteiger partial charge in [-0.2, -0.15) is 0 Å². The second-order valence-corrected chi connectivity index (χ2v) is 4.75. The lowest BCUT2D eigenvalue weighted by molar-refractivity contribution is 0.266.